The van der Waals surface area contributed by atoms with Crippen molar-refractivity contribution in [3.05, 3.63) is 112 Å². The molecular weight excluding hydrogens is 457 g/mol. The van der Waals surface area contributed by atoms with Crippen molar-refractivity contribution >= 4 is 22.4 Å². The Kier molecular flexibility index (Phi) is 5.24. The number of pyridine rings is 1. The average molecular weight is 476 g/mol. The Hall–Kier alpha value is -4.33. The van der Waals surface area contributed by atoms with Crippen LogP contribution in [-0.4, -0.2) is 20.0 Å². The molecule has 2 heterocycles. The van der Waals surface area contributed by atoms with E-state index in [1.54, 1.807) is 7.05 Å². The minimum Gasteiger partial charge on any atom is -0.477 e. The molecule has 8 heteroatoms. The lowest BCUT2D eigenvalue weighted by Gasteiger charge is -2.16. The van der Waals surface area contributed by atoms with Gasteiger partial charge in [0.1, 0.15) is 5.65 Å². The number of hydrogen-bond donors (Lipinski definition) is 1. The summed E-state index contributed by atoms with van der Waals surface area (Å²) in [4.78, 5) is 24.9. The molecule has 0 unspecified atom stereocenters. The van der Waals surface area contributed by atoms with Gasteiger partial charge in [0.25, 0.3) is 5.56 Å². The van der Waals surface area contributed by atoms with E-state index in [-0.39, 0.29) is 23.3 Å². The zero-order valence-electron chi connectivity index (χ0n) is 18.5. The Morgan fingerprint density at radius 3 is 2.40 bits per heavy atom. The van der Waals surface area contributed by atoms with Crippen molar-refractivity contribution in [2.75, 3.05) is 0 Å². The molecule has 2 aromatic heterocycles. The van der Waals surface area contributed by atoms with Gasteiger partial charge >= 0.3 is 12.1 Å². The van der Waals surface area contributed by atoms with Crippen LogP contribution in [0.25, 0.3) is 27.5 Å². The van der Waals surface area contributed by atoms with Crippen LogP contribution in [0.3, 0.4) is 0 Å². The number of carbonyl (C=O) groups is 1. The molecule has 5 aromatic rings. The second-order valence-corrected chi connectivity index (χ2v) is 8.37. The topological polar surface area (TPSA) is 63.7 Å². The lowest BCUT2D eigenvalue weighted by molar-refractivity contribution is -0.137. The van der Waals surface area contributed by atoms with Crippen molar-refractivity contribution in [1.82, 2.24) is 8.97 Å². The summed E-state index contributed by atoms with van der Waals surface area (Å²) >= 11 is 0. The van der Waals surface area contributed by atoms with Crippen molar-refractivity contribution in [2.45, 2.75) is 12.6 Å². The van der Waals surface area contributed by atoms with Crippen LogP contribution in [0.4, 0.5) is 13.2 Å². The summed E-state index contributed by atoms with van der Waals surface area (Å²) < 4.78 is 43.1. The van der Waals surface area contributed by atoms with Gasteiger partial charge in [-0.2, -0.15) is 13.2 Å². The third-order valence-corrected chi connectivity index (χ3v) is 6.12. The zero-order valence-corrected chi connectivity index (χ0v) is 18.5. The molecule has 0 bridgehead atoms. The quantitative estimate of drug-likeness (QED) is 0.358. The highest BCUT2D eigenvalue weighted by atomic mass is 19.4. The second kappa shape index (κ2) is 8.16. The standard InChI is InChI=1S/C27H19F3N2O3/c1-31-15-22(26(34)35)32-23(33)14-19(12-17-8-4-7-16-6-2-3-11-21(16)17)24(25(31)32)18-9-5-10-20(13-18)27(28,29)30/h2-11,13-15H,12H2,1H3,(H,34,35). The largest absolute Gasteiger partial charge is 0.477 e. The van der Waals surface area contributed by atoms with Gasteiger partial charge in [-0.25, -0.2) is 4.79 Å². The number of alkyl halides is 3. The molecule has 0 saturated carbocycles. The molecule has 5 rings (SSSR count). The summed E-state index contributed by atoms with van der Waals surface area (Å²) in [6.07, 6.45) is -3.00. The Morgan fingerprint density at radius 1 is 0.943 bits per heavy atom. The van der Waals surface area contributed by atoms with Crippen LogP contribution in [0.2, 0.25) is 0 Å². The summed E-state index contributed by atoms with van der Waals surface area (Å²) in [6.45, 7) is 0. The van der Waals surface area contributed by atoms with Gasteiger partial charge in [-0.3, -0.25) is 9.20 Å². The maximum absolute atomic E-state index is 13.5. The van der Waals surface area contributed by atoms with Gasteiger partial charge in [0.2, 0.25) is 0 Å². The minimum absolute atomic E-state index is 0.212. The van der Waals surface area contributed by atoms with E-state index in [1.807, 2.05) is 42.5 Å². The molecule has 0 fully saturated rings. The Labute approximate surface area is 197 Å². The number of fused-ring (bicyclic) bond motifs is 2. The number of rotatable bonds is 4. The van der Waals surface area contributed by atoms with Gasteiger partial charge in [-0.15, -0.1) is 0 Å². The number of aryl methyl sites for hydroxylation is 1. The zero-order chi connectivity index (χ0) is 24.9. The molecule has 0 aliphatic rings. The molecule has 0 saturated heterocycles. The highest BCUT2D eigenvalue weighted by molar-refractivity contribution is 5.91. The van der Waals surface area contributed by atoms with E-state index in [4.69, 9.17) is 0 Å². The number of nitrogens with zero attached hydrogens (tertiary/aromatic N) is 2. The number of halogens is 3. The number of aromatic carboxylic acids is 1. The molecule has 0 aliphatic heterocycles. The van der Waals surface area contributed by atoms with E-state index in [0.29, 0.717) is 11.1 Å². The third-order valence-electron chi connectivity index (χ3n) is 6.12. The molecule has 0 atom stereocenters. The Morgan fingerprint density at radius 2 is 1.66 bits per heavy atom. The van der Waals surface area contributed by atoms with Crippen molar-refractivity contribution in [3.8, 4) is 11.1 Å². The average Bonchev–Trinajstić information content (AvgIpc) is 3.17. The molecule has 0 spiro atoms. The maximum Gasteiger partial charge on any atom is 0.416 e. The van der Waals surface area contributed by atoms with Crippen molar-refractivity contribution in [2.24, 2.45) is 7.05 Å². The van der Waals surface area contributed by atoms with E-state index in [1.165, 1.54) is 29.0 Å². The van der Waals surface area contributed by atoms with E-state index in [0.717, 1.165) is 32.9 Å². The van der Waals surface area contributed by atoms with Crippen molar-refractivity contribution < 1.29 is 23.1 Å². The lowest BCUT2D eigenvalue weighted by Crippen LogP contribution is -2.19. The molecule has 35 heavy (non-hydrogen) atoms. The fourth-order valence-electron chi connectivity index (χ4n) is 4.62. The molecule has 3 aromatic carbocycles. The second-order valence-electron chi connectivity index (χ2n) is 8.37. The van der Waals surface area contributed by atoms with Crippen molar-refractivity contribution in [1.29, 1.82) is 0 Å². The Balaban J connectivity index is 1.84. The van der Waals surface area contributed by atoms with Gasteiger partial charge in [0.05, 0.1) is 5.56 Å². The van der Waals surface area contributed by atoms with Crippen molar-refractivity contribution in [3.63, 3.8) is 0 Å². The van der Waals surface area contributed by atoms with Gasteiger partial charge in [0, 0.05) is 24.9 Å². The smallest absolute Gasteiger partial charge is 0.416 e. The van der Waals surface area contributed by atoms with Crippen LogP contribution in [0, 0.1) is 0 Å². The SMILES string of the molecule is Cn1cc(C(=O)O)n2c(=O)cc(Cc3cccc4ccccc34)c(-c3cccc(C(F)(F)F)c3)c12. The van der Waals surface area contributed by atoms with Gasteiger partial charge < -0.3 is 9.67 Å². The van der Waals surface area contributed by atoms with Gasteiger partial charge in [-0.1, -0.05) is 54.6 Å². The minimum atomic E-state index is -4.56. The summed E-state index contributed by atoms with van der Waals surface area (Å²) in [6, 6.07) is 19.6. The first-order chi connectivity index (χ1) is 16.6. The fraction of sp³-hybridized carbons (Fsp3) is 0.111. The van der Waals surface area contributed by atoms with Crippen LogP contribution >= 0.6 is 0 Å². The predicted molar refractivity (Wildman–Crippen MR) is 127 cm³/mol. The van der Waals surface area contributed by atoms with E-state index >= 15 is 0 Å². The van der Waals surface area contributed by atoms with Gasteiger partial charge in [-0.05, 0) is 46.0 Å². The van der Waals surface area contributed by atoms with E-state index in [9.17, 15) is 27.9 Å². The van der Waals surface area contributed by atoms with Crippen LogP contribution in [-0.2, 0) is 19.6 Å². The van der Waals surface area contributed by atoms with Crippen LogP contribution < -0.4 is 5.56 Å². The first-order valence-corrected chi connectivity index (χ1v) is 10.8. The first kappa shape index (κ1) is 22.5. The molecule has 0 aliphatic carbocycles. The highest BCUT2D eigenvalue weighted by Crippen LogP contribution is 2.36. The molecule has 5 nitrogen and oxygen atoms in total. The number of hydrogen-bond acceptors (Lipinski definition) is 2. The summed E-state index contributed by atoms with van der Waals surface area (Å²) in [5.74, 6) is -1.31. The fourth-order valence-corrected chi connectivity index (χ4v) is 4.62. The first-order valence-electron chi connectivity index (χ1n) is 10.8. The number of imidazole rings is 1. The monoisotopic (exact) mass is 476 g/mol. The molecule has 1 N–H and O–H groups in total. The van der Waals surface area contributed by atoms with Crippen LogP contribution in [0.15, 0.2) is 83.8 Å². The predicted octanol–water partition coefficient (Wildman–Crippen LogP) is 5.77. The normalized spacial score (nSPS) is 11.9. The van der Waals surface area contributed by atoms with Gasteiger partial charge in [0.15, 0.2) is 5.69 Å². The Bertz CT molecular complexity index is 1670. The highest BCUT2D eigenvalue weighted by Gasteiger charge is 2.31. The summed E-state index contributed by atoms with van der Waals surface area (Å²) in [5, 5.41) is 11.6. The summed E-state index contributed by atoms with van der Waals surface area (Å²) in [5.41, 5.74) is 0.565. The number of benzene rings is 3. The van der Waals surface area contributed by atoms with E-state index < -0.39 is 23.3 Å². The summed E-state index contributed by atoms with van der Waals surface area (Å²) in [7, 11) is 1.57. The number of carboxylic acids is 1. The molecule has 176 valence electrons. The van der Waals surface area contributed by atoms with E-state index in [2.05, 4.69) is 0 Å². The third kappa shape index (κ3) is 3.86. The van der Waals surface area contributed by atoms with Crippen LogP contribution in [0.5, 0.6) is 0 Å². The molecule has 0 radical (unpaired) electrons. The number of carboxylic acid groups (broad SMARTS) is 1. The maximum atomic E-state index is 13.5. The van der Waals surface area contributed by atoms with Crippen LogP contribution in [0.1, 0.15) is 27.2 Å². The lowest BCUT2D eigenvalue weighted by atomic mass is 9.92. The molecular formula is C27H19F3N2O3. The molecule has 0 amide bonds. The number of aromatic nitrogens is 2.